The van der Waals surface area contributed by atoms with E-state index in [0.29, 0.717) is 0 Å². The summed E-state index contributed by atoms with van der Waals surface area (Å²) >= 11 is 3.45. The smallest absolute Gasteiger partial charge is 0.123 e. The summed E-state index contributed by atoms with van der Waals surface area (Å²) in [6.45, 7) is 2.89. The lowest BCUT2D eigenvalue weighted by molar-refractivity contribution is 0.508. The number of hydrogen-bond acceptors (Lipinski definition) is 2. The molecule has 0 unspecified atom stereocenters. The molecule has 1 aliphatic rings. The van der Waals surface area contributed by atoms with Crippen LogP contribution in [-0.2, 0) is 13.1 Å². The molecule has 0 aliphatic carbocycles. The van der Waals surface area contributed by atoms with Crippen molar-refractivity contribution in [1.29, 1.82) is 0 Å². The van der Waals surface area contributed by atoms with Crippen LogP contribution in [0.3, 0.4) is 0 Å². The average molecular weight is 278 g/mol. The predicted molar refractivity (Wildman–Crippen MR) is 67.1 cm³/mol. The third-order valence-corrected chi connectivity index (χ3v) is 3.40. The van der Waals surface area contributed by atoms with Gasteiger partial charge in [-0.05, 0) is 17.7 Å². The van der Waals surface area contributed by atoms with Crippen molar-refractivity contribution in [2.45, 2.75) is 13.1 Å². The Labute approximate surface area is 103 Å². The standard InChI is InChI=1S/C12H12BrN3/c13-10-3-1-9(2-4-10)11-7-15-12-8-14-5-6-16(11)12/h1-4,7,14H,5-6,8H2. The molecule has 1 N–H and O–H groups in total. The summed E-state index contributed by atoms with van der Waals surface area (Å²) < 4.78 is 3.40. The zero-order valence-corrected chi connectivity index (χ0v) is 10.4. The largest absolute Gasteiger partial charge is 0.326 e. The van der Waals surface area contributed by atoms with Crippen molar-refractivity contribution < 1.29 is 0 Å². The zero-order chi connectivity index (χ0) is 11.0. The average Bonchev–Trinajstić information content (AvgIpc) is 2.74. The fourth-order valence-electron chi connectivity index (χ4n) is 2.05. The summed E-state index contributed by atoms with van der Waals surface area (Å²) in [4.78, 5) is 4.44. The van der Waals surface area contributed by atoms with Crippen LogP contribution in [0.2, 0.25) is 0 Å². The van der Waals surface area contributed by atoms with Crippen molar-refractivity contribution >= 4 is 15.9 Å². The van der Waals surface area contributed by atoms with Gasteiger partial charge in [-0.1, -0.05) is 28.1 Å². The monoisotopic (exact) mass is 277 g/mol. The van der Waals surface area contributed by atoms with Crippen LogP contribution < -0.4 is 5.32 Å². The van der Waals surface area contributed by atoms with Crippen molar-refractivity contribution in [3.8, 4) is 11.3 Å². The van der Waals surface area contributed by atoms with Crippen molar-refractivity contribution in [3.05, 3.63) is 40.8 Å². The van der Waals surface area contributed by atoms with Gasteiger partial charge in [0.2, 0.25) is 0 Å². The van der Waals surface area contributed by atoms with E-state index in [1.54, 1.807) is 0 Å². The summed E-state index contributed by atoms with van der Waals surface area (Å²) in [5.41, 5.74) is 2.44. The Morgan fingerprint density at radius 3 is 2.88 bits per heavy atom. The van der Waals surface area contributed by atoms with Gasteiger partial charge in [-0.25, -0.2) is 4.98 Å². The number of imidazole rings is 1. The molecule has 2 aromatic rings. The number of fused-ring (bicyclic) bond motifs is 1. The Kier molecular flexibility index (Phi) is 2.53. The van der Waals surface area contributed by atoms with E-state index >= 15 is 0 Å². The topological polar surface area (TPSA) is 29.9 Å². The van der Waals surface area contributed by atoms with E-state index in [2.05, 4.69) is 55.1 Å². The molecule has 0 saturated heterocycles. The lowest BCUT2D eigenvalue weighted by Gasteiger charge is -2.17. The number of hydrogen-bond donors (Lipinski definition) is 1. The molecular formula is C12H12BrN3. The van der Waals surface area contributed by atoms with Crippen molar-refractivity contribution in [3.63, 3.8) is 0 Å². The highest BCUT2D eigenvalue weighted by Gasteiger charge is 2.14. The summed E-state index contributed by atoms with van der Waals surface area (Å²) in [5.74, 6) is 1.13. The fraction of sp³-hybridized carbons (Fsp3) is 0.250. The summed E-state index contributed by atoms with van der Waals surface area (Å²) in [6, 6.07) is 8.37. The van der Waals surface area contributed by atoms with E-state index in [1.165, 1.54) is 11.3 Å². The Morgan fingerprint density at radius 2 is 2.06 bits per heavy atom. The Balaban J connectivity index is 2.06. The van der Waals surface area contributed by atoms with Crippen molar-refractivity contribution in [2.24, 2.45) is 0 Å². The molecule has 0 atom stereocenters. The Bertz CT molecular complexity index is 501. The van der Waals surface area contributed by atoms with Crippen LogP contribution in [-0.4, -0.2) is 16.1 Å². The molecule has 0 amide bonds. The van der Waals surface area contributed by atoms with Crippen molar-refractivity contribution in [1.82, 2.24) is 14.9 Å². The number of rotatable bonds is 1. The maximum absolute atomic E-state index is 4.44. The summed E-state index contributed by atoms with van der Waals surface area (Å²) in [5, 5.41) is 3.32. The van der Waals surface area contributed by atoms with E-state index in [1.807, 2.05) is 6.20 Å². The van der Waals surface area contributed by atoms with Crippen LogP contribution >= 0.6 is 15.9 Å². The molecule has 82 valence electrons. The molecule has 0 fully saturated rings. The Hall–Kier alpha value is -1.13. The van der Waals surface area contributed by atoms with Gasteiger partial charge in [-0.15, -0.1) is 0 Å². The highest BCUT2D eigenvalue weighted by atomic mass is 79.9. The number of halogens is 1. The molecule has 1 aromatic carbocycles. The van der Waals surface area contributed by atoms with Crippen LogP contribution in [0.5, 0.6) is 0 Å². The van der Waals surface area contributed by atoms with Crippen LogP contribution in [0.25, 0.3) is 11.3 Å². The minimum Gasteiger partial charge on any atom is -0.326 e. The molecule has 0 radical (unpaired) electrons. The number of benzene rings is 1. The molecule has 2 heterocycles. The molecule has 0 spiro atoms. The fourth-order valence-corrected chi connectivity index (χ4v) is 2.31. The molecule has 3 rings (SSSR count). The highest BCUT2D eigenvalue weighted by Crippen LogP contribution is 2.23. The van der Waals surface area contributed by atoms with Crippen molar-refractivity contribution in [2.75, 3.05) is 6.54 Å². The molecule has 16 heavy (non-hydrogen) atoms. The second-order valence-corrected chi connectivity index (χ2v) is 4.81. The van der Waals surface area contributed by atoms with Crippen LogP contribution in [0, 0.1) is 0 Å². The van der Waals surface area contributed by atoms with E-state index < -0.39 is 0 Å². The third kappa shape index (κ3) is 1.68. The molecule has 1 aliphatic heterocycles. The lowest BCUT2D eigenvalue weighted by Crippen LogP contribution is -2.28. The van der Waals surface area contributed by atoms with E-state index in [4.69, 9.17) is 0 Å². The third-order valence-electron chi connectivity index (χ3n) is 2.87. The minimum atomic E-state index is 0.872. The van der Waals surface area contributed by atoms with Gasteiger partial charge in [0.05, 0.1) is 18.4 Å². The summed E-state index contributed by atoms with van der Waals surface area (Å²) in [6.07, 6.45) is 1.96. The second-order valence-electron chi connectivity index (χ2n) is 3.89. The van der Waals surface area contributed by atoms with Gasteiger partial charge in [0.1, 0.15) is 5.82 Å². The predicted octanol–water partition coefficient (Wildman–Crippen LogP) is 2.42. The number of nitrogens with one attached hydrogen (secondary N) is 1. The molecule has 0 saturated carbocycles. The minimum absolute atomic E-state index is 0.872. The van der Waals surface area contributed by atoms with E-state index in [-0.39, 0.29) is 0 Å². The van der Waals surface area contributed by atoms with Gasteiger partial charge in [0.25, 0.3) is 0 Å². The maximum Gasteiger partial charge on any atom is 0.123 e. The highest BCUT2D eigenvalue weighted by molar-refractivity contribution is 9.10. The SMILES string of the molecule is Brc1ccc(-c2cnc3n2CCNC3)cc1. The van der Waals surface area contributed by atoms with Gasteiger partial charge >= 0.3 is 0 Å². The first-order valence-electron chi connectivity index (χ1n) is 5.35. The maximum atomic E-state index is 4.44. The van der Waals surface area contributed by atoms with Crippen LogP contribution in [0.1, 0.15) is 5.82 Å². The van der Waals surface area contributed by atoms with Gasteiger partial charge < -0.3 is 9.88 Å². The van der Waals surface area contributed by atoms with Gasteiger partial charge in [-0.2, -0.15) is 0 Å². The first kappa shape index (κ1) is 10.1. The first-order chi connectivity index (χ1) is 7.84. The Morgan fingerprint density at radius 1 is 1.25 bits per heavy atom. The molecule has 4 heteroatoms. The lowest BCUT2D eigenvalue weighted by atomic mass is 10.1. The van der Waals surface area contributed by atoms with Gasteiger partial charge in [0.15, 0.2) is 0 Å². The molecule has 1 aromatic heterocycles. The first-order valence-corrected chi connectivity index (χ1v) is 6.15. The van der Waals surface area contributed by atoms with E-state index in [9.17, 15) is 0 Å². The number of aromatic nitrogens is 2. The van der Waals surface area contributed by atoms with Gasteiger partial charge in [-0.3, -0.25) is 0 Å². The van der Waals surface area contributed by atoms with Crippen LogP contribution in [0.4, 0.5) is 0 Å². The molecule has 3 nitrogen and oxygen atoms in total. The second kappa shape index (κ2) is 4.03. The molecule has 0 bridgehead atoms. The molecular weight excluding hydrogens is 266 g/mol. The van der Waals surface area contributed by atoms with Gasteiger partial charge in [0, 0.05) is 17.6 Å². The van der Waals surface area contributed by atoms with E-state index in [0.717, 1.165) is 29.9 Å². The summed E-state index contributed by atoms with van der Waals surface area (Å²) in [7, 11) is 0. The van der Waals surface area contributed by atoms with Crippen LogP contribution in [0.15, 0.2) is 34.9 Å². The zero-order valence-electron chi connectivity index (χ0n) is 8.78. The quantitative estimate of drug-likeness (QED) is 0.868. The number of nitrogens with zero attached hydrogens (tertiary/aromatic N) is 2. The normalized spacial score (nSPS) is 14.8.